The van der Waals surface area contributed by atoms with Crippen LogP contribution in [0.5, 0.6) is 0 Å². The van der Waals surface area contributed by atoms with Crippen LogP contribution >= 0.6 is 0 Å². The zero-order valence-electron chi connectivity index (χ0n) is 10.9. The van der Waals surface area contributed by atoms with Crippen molar-refractivity contribution in [2.75, 3.05) is 0 Å². The van der Waals surface area contributed by atoms with Crippen LogP contribution < -0.4 is 0 Å². The fourth-order valence-electron chi connectivity index (χ4n) is 2.02. The van der Waals surface area contributed by atoms with Crippen LogP contribution in [0.1, 0.15) is 84.0 Å². The fourth-order valence-corrected chi connectivity index (χ4v) is 3.03. The summed E-state index contributed by atoms with van der Waals surface area (Å²) in [6.45, 7) is 2.29. The van der Waals surface area contributed by atoms with E-state index in [1.54, 1.807) is 4.37 Å². The maximum atomic E-state index is 2.29. The van der Waals surface area contributed by atoms with Gasteiger partial charge in [0, 0.05) is 0 Å². The van der Waals surface area contributed by atoms with Gasteiger partial charge in [-0.15, -0.1) is 0 Å². The van der Waals surface area contributed by atoms with Gasteiger partial charge in [-0.2, -0.15) is 0 Å². The molecule has 0 saturated carbocycles. The van der Waals surface area contributed by atoms with Crippen molar-refractivity contribution >= 4 is 23.0 Å². The first-order chi connectivity index (χ1) is 7.41. The van der Waals surface area contributed by atoms with E-state index in [0.29, 0.717) is 0 Å². The van der Waals surface area contributed by atoms with E-state index in [1.165, 1.54) is 100 Å². The van der Waals surface area contributed by atoms with Crippen molar-refractivity contribution in [3.05, 3.63) is 0 Å². The van der Waals surface area contributed by atoms with Crippen molar-refractivity contribution in [1.82, 2.24) is 0 Å². The van der Waals surface area contributed by atoms with Crippen molar-refractivity contribution in [3.63, 3.8) is 0 Å². The molecular formula is C14H32Sb+. The van der Waals surface area contributed by atoms with Crippen LogP contribution in [0.25, 0.3) is 0 Å². The molecule has 15 heavy (non-hydrogen) atoms. The molecule has 0 aromatic carbocycles. The third kappa shape index (κ3) is 14.8. The van der Waals surface area contributed by atoms with Gasteiger partial charge >= 0.3 is 98.0 Å². The third-order valence-corrected chi connectivity index (χ3v) is 4.53. The molecule has 0 N–H and O–H groups in total. The standard InChI is InChI=1S/C14H29.Sb.3H/c1-3-5-7-9-11-13-14-12-10-8-6-4-2;;;;/h1,3-14H2,2H3;;;;/q;+1;;;. The number of rotatable bonds is 12. The van der Waals surface area contributed by atoms with E-state index >= 15 is 0 Å². The summed E-state index contributed by atoms with van der Waals surface area (Å²) < 4.78 is 1.54. The van der Waals surface area contributed by atoms with E-state index in [1.807, 2.05) is 0 Å². The van der Waals surface area contributed by atoms with Crippen LogP contribution in [0.15, 0.2) is 0 Å². The summed E-state index contributed by atoms with van der Waals surface area (Å²) in [7, 11) is 0. The maximum absolute atomic E-state index is 2.29. The molecular weight excluding hydrogens is 290 g/mol. The number of hydrogen-bond donors (Lipinski definition) is 0. The minimum atomic E-state index is 1.21. The van der Waals surface area contributed by atoms with Gasteiger partial charge in [0.05, 0.1) is 0 Å². The number of unbranched alkanes of at least 4 members (excludes halogenated alkanes) is 11. The van der Waals surface area contributed by atoms with E-state index in [-0.39, 0.29) is 0 Å². The average Bonchev–Trinajstić information content (AvgIpc) is 2.26. The van der Waals surface area contributed by atoms with Gasteiger partial charge in [0.25, 0.3) is 0 Å². The normalized spacial score (nSPS) is 11.0. The van der Waals surface area contributed by atoms with Crippen molar-refractivity contribution in [3.8, 4) is 0 Å². The summed E-state index contributed by atoms with van der Waals surface area (Å²) in [6, 6.07) is 0. The monoisotopic (exact) mass is 321 g/mol. The molecule has 0 radical (unpaired) electrons. The molecule has 0 unspecified atom stereocenters. The van der Waals surface area contributed by atoms with Gasteiger partial charge in [-0.05, 0) is 0 Å². The van der Waals surface area contributed by atoms with Gasteiger partial charge in [-0.3, -0.25) is 0 Å². The molecule has 0 aromatic heterocycles. The molecule has 0 heterocycles. The Morgan fingerprint density at radius 1 is 0.533 bits per heavy atom. The van der Waals surface area contributed by atoms with Gasteiger partial charge in [0.1, 0.15) is 0 Å². The van der Waals surface area contributed by atoms with Gasteiger partial charge in [-0.1, -0.05) is 13.3 Å². The van der Waals surface area contributed by atoms with Crippen LogP contribution in [0, 0.1) is 0 Å². The van der Waals surface area contributed by atoms with Crippen molar-refractivity contribution in [2.45, 2.75) is 88.3 Å². The van der Waals surface area contributed by atoms with Crippen molar-refractivity contribution < 1.29 is 0 Å². The topological polar surface area (TPSA) is 0 Å². The van der Waals surface area contributed by atoms with Crippen LogP contribution in [0.3, 0.4) is 0 Å². The van der Waals surface area contributed by atoms with E-state index in [0.717, 1.165) is 0 Å². The first kappa shape index (κ1) is 15.8. The summed E-state index contributed by atoms with van der Waals surface area (Å²) in [5.41, 5.74) is 0. The Hall–Kier alpha value is 0.818. The summed E-state index contributed by atoms with van der Waals surface area (Å²) in [4.78, 5) is 0. The molecule has 0 fully saturated rings. The van der Waals surface area contributed by atoms with Crippen LogP contribution in [0.2, 0.25) is 4.37 Å². The second-order valence-electron chi connectivity index (χ2n) is 4.74. The molecule has 0 aliphatic rings. The molecule has 0 aromatic rings. The van der Waals surface area contributed by atoms with E-state index in [9.17, 15) is 0 Å². The van der Waals surface area contributed by atoms with Crippen molar-refractivity contribution in [1.29, 1.82) is 0 Å². The second kappa shape index (κ2) is 14.8. The summed E-state index contributed by atoms with van der Waals surface area (Å²) in [5.74, 6) is 0. The SMILES string of the molecule is CCCCCCCCCCCCC[CH2][SbH3+]. The van der Waals surface area contributed by atoms with Gasteiger partial charge in [-0.25, -0.2) is 0 Å². The molecule has 0 spiro atoms. The van der Waals surface area contributed by atoms with E-state index in [2.05, 4.69) is 6.92 Å². The summed E-state index contributed by atoms with van der Waals surface area (Å²) >= 11 is 1.21. The Labute approximate surface area is 111 Å². The quantitative estimate of drug-likeness (QED) is 0.367. The third-order valence-electron chi connectivity index (χ3n) is 3.10. The Balaban J connectivity index is 2.81. The second-order valence-corrected chi connectivity index (χ2v) is 6.76. The molecule has 0 rings (SSSR count). The molecule has 0 aliphatic heterocycles. The van der Waals surface area contributed by atoms with Gasteiger partial charge < -0.3 is 0 Å². The molecule has 0 bridgehead atoms. The molecule has 0 atom stereocenters. The minimum absolute atomic E-state index is 1.21. The Kier molecular flexibility index (Phi) is 15.6. The summed E-state index contributed by atoms with van der Waals surface area (Å²) in [6.07, 6.45) is 17.8. The summed E-state index contributed by atoms with van der Waals surface area (Å²) in [5, 5.41) is 0. The first-order valence-electron chi connectivity index (χ1n) is 7.21. The van der Waals surface area contributed by atoms with Crippen LogP contribution in [-0.4, -0.2) is 23.0 Å². The van der Waals surface area contributed by atoms with Gasteiger partial charge in [0.2, 0.25) is 0 Å². The molecule has 0 nitrogen and oxygen atoms in total. The van der Waals surface area contributed by atoms with E-state index < -0.39 is 0 Å². The fraction of sp³-hybridized carbons (Fsp3) is 1.00. The molecule has 1 heteroatoms. The first-order valence-corrected chi connectivity index (χ1v) is 10.1. The van der Waals surface area contributed by atoms with E-state index in [4.69, 9.17) is 0 Å². The molecule has 0 saturated heterocycles. The average molecular weight is 322 g/mol. The number of hydrogen-bond acceptors (Lipinski definition) is 0. The molecule has 0 aliphatic carbocycles. The Bertz CT molecular complexity index is 89.5. The zero-order chi connectivity index (χ0) is 11.2. The Morgan fingerprint density at radius 2 is 0.867 bits per heavy atom. The zero-order valence-corrected chi connectivity index (χ0v) is 14.9. The van der Waals surface area contributed by atoms with Crippen molar-refractivity contribution in [2.24, 2.45) is 0 Å². The van der Waals surface area contributed by atoms with Gasteiger partial charge in [0.15, 0.2) is 0 Å². The van der Waals surface area contributed by atoms with Crippen LogP contribution in [0.4, 0.5) is 0 Å². The Morgan fingerprint density at radius 3 is 1.20 bits per heavy atom. The predicted molar refractivity (Wildman–Crippen MR) is 75.8 cm³/mol. The molecule has 0 amide bonds. The van der Waals surface area contributed by atoms with Crippen LogP contribution in [-0.2, 0) is 0 Å². The molecule has 92 valence electrons. The predicted octanol–water partition coefficient (Wildman–Crippen LogP) is 4.47.